The van der Waals surface area contributed by atoms with E-state index in [0.717, 1.165) is 48.7 Å². The maximum Gasteiger partial charge on any atom is 0.341 e. The molecular weight excluding hydrogens is 418 g/mol. The molecule has 8 heteroatoms. The maximum atomic E-state index is 12.9. The number of hydrogen-bond acceptors (Lipinski definition) is 6. The van der Waals surface area contributed by atoms with Crippen LogP contribution in [0.5, 0.6) is 0 Å². The van der Waals surface area contributed by atoms with Crippen LogP contribution in [0.3, 0.4) is 0 Å². The first-order valence-corrected chi connectivity index (χ1v) is 12.0. The molecule has 158 valence electrons. The Kier molecular flexibility index (Phi) is 6.43. The summed E-state index contributed by atoms with van der Waals surface area (Å²) < 4.78 is 5.30. The molecule has 0 saturated carbocycles. The largest absolute Gasteiger partial charge is 0.462 e. The topological polar surface area (TPSA) is 84.1 Å². The number of ether oxygens (including phenoxy) is 1. The normalized spacial score (nSPS) is 14.7. The summed E-state index contributed by atoms with van der Waals surface area (Å²) in [5.74, 6) is -0.493. The number of carbonyl (C=O) groups is 2. The molecular formula is C22H25N3O3S2. The van der Waals surface area contributed by atoms with E-state index in [0.29, 0.717) is 22.3 Å². The van der Waals surface area contributed by atoms with Gasteiger partial charge in [0.15, 0.2) is 5.16 Å². The average molecular weight is 444 g/mol. The quantitative estimate of drug-likeness (QED) is 0.311. The van der Waals surface area contributed by atoms with Gasteiger partial charge >= 0.3 is 5.97 Å². The molecule has 6 nitrogen and oxygen atoms in total. The fraction of sp³-hybridized carbons (Fsp3) is 0.409. The van der Waals surface area contributed by atoms with Crippen molar-refractivity contribution in [3.8, 4) is 0 Å². The lowest BCUT2D eigenvalue weighted by Gasteiger charge is -2.11. The van der Waals surface area contributed by atoms with Crippen LogP contribution in [0.25, 0.3) is 11.0 Å². The van der Waals surface area contributed by atoms with Crippen LogP contribution in [0, 0.1) is 0 Å². The van der Waals surface area contributed by atoms with Crippen molar-refractivity contribution in [2.45, 2.75) is 56.4 Å². The first-order chi connectivity index (χ1) is 14.6. The second-order valence-electron chi connectivity index (χ2n) is 7.30. The number of para-hydroxylation sites is 2. The first-order valence-electron chi connectivity index (χ1n) is 10.3. The molecule has 0 saturated heterocycles. The van der Waals surface area contributed by atoms with Gasteiger partial charge in [0.05, 0.1) is 28.5 Å². The highest BCUT2D eigenvalue weighted by Gasteiger charge is 2.28. The number of nitrogens with zero attached hydrogens (tertiary/aromatic N) is 1. The van der Waals surface area contributed by atoms with E-state index < -0.39 is 0 Å². The number of hydrogen-bond donors (Lipinski definition) is 2. The van der Waals surface area contributed by atoms with Gasteiger partial charge in [-0.1, -0.05) is 30.3 Å². The van der Waals surface area contributed by atoms with Crippen LogP contribution in [0.2, 0.25) is 0 Å². The molecule has 1 unspecified atom stereocenters. The third-order valence-electron chi connectivity index (χ3n) is 5.16. The number of nitrogens with one attached hydrogen (secondary N) is 2. The van der Waals surface area contributed by atoms with Gasteiger partial charge in [0.1, 0.15) is 5.00 Å². The Morgan fingerprint density at radius 3 is 2.87 bits per heavy atom. The Morgan fingerprint density at radius 1 is 1.27 bits per heavy atom. The van der Waals surface area contributed by atoms with E-state index in [-0.39, 0.29) is 17.1 Å². The molecule has 0 radical (unpaired) electrons. The molecule has 4 rings (SSSR count). The molecule has 1 atom stereocenters. The number of rotatable bonds is 6. The number of thioether (sulfide) groups is 1. The molecule has 3 aromatic rings. The van der Waals surface area contributed by atoms with E-state index in [9.17, 15) is 9.59 Å². The molecule has 0 bridgehead atoms. The summed E-state index contributed by atoms with van der Waals surface area (Å²) in [6.07, 6.45) is 5.14. The number of carbonyl (C=O) groups excluding carboxylic acids is 2. The van der Waals surface area contributed by atoms with Crippen molar-refractivity contribution in [2.24, 2.45) is 0 Å². The Bertz CT molecular complexity index is 1040. The summed E-state index contributed by atoms with van der Waals surface area (Å²) in [7, 11) is 0. The van der Waals surface area contributed by atoms with Crippen molar-refractivity contribution in [2.75, 3.05) is 11.9 Å². The predicted octanol–water partition coefficient (Wildman–Crippen LogP) is 5.19. The predicted molar refractivity (Wildman–Crippen MR) is 122 cm³/mol. The number of thiophene rings is 1. The van der Waals surface area contributed by atoms with Gasteiger partial charge in [-0.05, 0) is 57.2 Å². The third-order valence-corrected chi connectivity index (χ3v) is 7.35. The number of benzene rings is 1. The number of aryl methyl sites for hydroxylation is 1. The lowest BCUT2D eigenvalue weighted by molar-refractivity contribution is -0.115. The molecule has 0 aliphatic heterocycles. The number of aromatic amines is 1. The van der Waals surface area contributed by atoms with Gasteiger partial charge in [-0.3, -0.25) is 4.79 Å². The van der Waals surface area contributed by atoms with Gasteiger partial charge in [0.25, 0.3) is 0 Å². The third kappa shape index (κ3) is 4.39. The van der Waals surface area contributed by atoms with E-state index in [1.807, 2.05) is 31.2 Å². The van der Waals surface area contributed by atoms with Crippen LogP contribution in [0.1, 0.15) is 53.9 Å². The number of fused-ring (bicyclic) bond motifs is 2. The number of esters is 1. The van der Waals surface area contributed by atoms with Crippen molar-refractivity contribution < 1.29 is 14.3 Å². The Balaban J connectivity index is 1.53. The van der Waals surface area contributed by atoms with Crippen LogP contribution in [0.4, 0.5) is 5.00 Å². The zero-order chi connectivity index (χ0) is 21.1. The Morgan fingerprint density at radius 2 is 2.07 bits per heavy atom. The molecule has 0 fully saturated rings. The van der Waals surface area contributed by atoms with Crippen LogP contribution >= 0.6 is 23.1 Å². The van der Waals surface area contributed by atoms with Crippen molar-refractivity contribution in [1.82, 2.24) is 9.97 Å². The number of amides is 1. The Labute approximate surface area is 183 Å². The molecule has 30 heavy (non-hydrogen) atoms. The van der Waals surface area contributed by atoms with Crippen molar-refractivity contribution in [3.05, 3.63) is 40.3 Å². The first kappa shape index (κ1) is 20.9. The SMILES string of the molecule is CCOC(=O)c1c(NC(=O)C(C)Sc2nc3ccccc3[nH]2)sc2c1CCCCC2. The van der Waals surface area contributed by atoms with Crippen LogP contribution in [-0.2, 0) is 22.4 Å². The number of imidazole rings is 1. The fourth-order valence-corrected chi connectivity index (χ4v) is 5.77. The van der Waals surface area contributed by atoms with E-state index in [1.54, 1.807) is 6.92 Å². The molecule has 1 aliphatic carbocycles. The minimum atomic E-state index is -0.373. The second-order valence-corrected chi connectivity index (χ2v) is 9.73. The molecule has 0 spiro atoms. The maximum absolute atomic E-state index is 12.9. The van der Waals surface area contributed by atoms with Crippen LogP contribution in [0.15, 0.2) is 29.4 Å². The highest BCUT2D eigenvalue weighted by molar-refractivity contribution is 8.00. The zero-order valence-electron chi connectivity index (χ0n) is 17.1. The van der Waals surface area contributed by atoms with Gasteiger partial charge in [0, 0.05) is 4.88 Å². The smallest absolute Gasteiger partial charge is 0.341 e. The van der Waals surface area contributed by atoms with Gasteiger partial charge in [-0.2, -0.15) is 0 Å². The van der Waals surface area contributed by atoms with Crippen LogP contribution in [-0.4, -0.2) is 33.7 Å². The highest BCUT2D eigenvalue weighted by atomic mass is 32.2. The van der Waals surface area contributed by atoms with Gasteiger partial charge < -0.3 is 15.0 Å². The number of aromatic nitrogens is 2. The molecule has 1 aromatic carbocycles. The van der Waals surface area contributed by atoms with Crippen molar-refractivity contribution >= 4 is 51.0 Å². The molecule has 1 aliphatic rings. The number of H-pyrrole nitrogens is 1. The monoisotopic (exact) mass is 443 g/mol. The average Bonchev–Trinajstić information content (AvgIpc) is 3.20. The summed E-state index contributed by atoms with van der Waals surface area (Å²) in [6, 6.07) is 7.78. The minimum absolute atomic E-state index is 0.151. The van der Waals surface area contributed by atoms with Crippen LogP contribution < -0.4 is 5.32 Å². The van der Waals surface area contributed by atoms with E-state index in [2.05, 4.69) is 15.3 Å². The van der Waals surface area contributed by atoms with Crippen molar-refractivity contribution in [3.63, 3.8) is 0 Å². The number of anilines is 1. The summed E-state index contributed by atoms with van der Waals surface area (Å²) in [6.45, 7) is 3.96. The van der Waals surface area contributed by atoms with E-state index >= 15 is 0 Å². The second kappa shape index (κ2) is 9.22. The molecule has 2 heterocycles. The summed E-state index contributed by atoms with van der Waals surface area (Å²) in [5.41, 5.74) is 3.43. The summed E-state index contributed by atoms with van der Waals surface area (Å²) in [5, 5.41) is 3.94. The molecule has 1 amide bonds. The van der Waals surface area contributed by atoms with E-state index in [4.69, 9.17) is 4.74 Å². The lowest BCUT2D eigenvalue weighted by Crippen LogP contribution is -2.23. The standard InChI is InChI=1S/C22H25N3O3S2/c1-3-28-21(27)18-14-9-5-4-6-12-17(14)30-20(18)25-19(26)13(2)29-22-23-15-10-7-8-11-16(15)24-22/h7-8,10-11,13H,3-6,9,12H2,1-2H3,(H,23,24)(H,25,26). The Hall–Kier alpha value is -2.32. The molecule has 2 aromatic heterocycles. The zero-order valence-corrected chi connectivity index (χ0v) is 18.8. The lowest BCUT2D eigenvalue weighted by atomic mass is 10.1. The minimum Gasteiger partial charge on any atom is -0.462 e. The van der Waals surface area contributed by atoms with Crippen molar-refractivity contribution in [1.29, 1.82) is 0 Å². The van der Waals surface area contributed by atoms with Gasteiger partial charge in [-0.25, -0.2) is 9.78 Å². The van der Waals surface area contributed by atoms with Gasteiger partial charge in [-0.15, -0.1) is 11.3 Å². The fourth-order valence-electron chi connectivity index (χ4n) is 3.67. The highest BCUT2D eigenvalue weighted by Crippen LogP contribution is 2.38. The van der Waals surface area contributed by atoms with Gasteiger partial charge in [0.2, 0.25) is 5.91 Å². The summed E-state index contributed by atoms with van der Waals surface area (Å²) >= 11 is 2.89. The molecule has 2 N–H and O–H groups in total. The summed E-state index contributed by atoms with van der Waals surface area (Å²) in [4.78, 5) is 34.6. The van der Waals surface area contributed by atoms with E-state index in [1.165, 1.54) is 28.0 Å².